The Balaban J connectivity index is 1.47. The number of hydrogen-bond donors (Lipinski definition) is 1. The molecule has 3 heterocycles. The van der Waals surface area contributed by atoms with Gasteiger partial charge in [-0.05, 0) is 26.0 Å². The van der Waals surface area contributed by atoms with Gasteiger partial charge in [-0.2, -0.15) is 9.29 Å². The SMILES string of the molecule is Cc1ccc(Nc2cc(C)nc(N3CCN(S(=O)(=O)c4cn(C)cn4)CC3)n2)cc1. The van der Waals surface area contributed by atoms with Gasteiger partial charge in [0.2, 0.25) is 5.95 Å². The van der Waals surface area contributed by atoms with Gasteiger partial charge in [-0.3, -0.25) is 0 Å². The Morgan fingerprint density at radius 2 is 1.70 bits per heavy atom. The molecule has 1 aliphatic heterocycles. The molecule has 0 atom stereocenters. The highest BCUT2D eigenvalue weighted by Gasteiger charge is 2.31. The topological polar surface area (TPSA) is 96.2 Å². The van der Waals surface area contributed by atoms with Crippen LogP contribution in [0.3, 0.4) is 0 Å². The summed E-state index contributed by atoms with van der Waals surface area (Å²) in [6.07, 6.45) is 3.01. The molecular weight excluding hydrogens is 402 g/mol. The normalized spacial score (nSPS) is 15.4. The van der Waals surface area contributed by atoms with Gasteiger partial charge in [-0.25, -0.2) is 18.4 Å². The summed E-state index contributed by atoms with van der Waals surface area (Å²) < 4.78 is 28.6. The summed E-state index contributed by atoms with van der Waals surface area (Å²) in [4.78, 5) is 15.2. The number of aryl methyl sites for hydroxylation is 3. The molecule has 1 N–H and O–H groups in total. The van der Waals surface area contributed by atoms with Crippen molar-refractivity contribution >= 4 is 27.5 Å². The third-order valence-corrected chi connectivity index (χ3v) is 6.76. The van der Waals surface area contributed by atoms with Gasteiger partial charge in [-0.1, -0.05) is 17.7 Å². The van der Waals surface area contributed by atoms with E-state index >= 15 is 0 Å². The van der Waals surface area contributed by atoms with Crippen LogP contribution in [0.5, 0.6) is 0 Å². The smallest absolute Gasteiger partial charge is 0.262 e. The molecule has 0 unspecified atom stereocenters. The van der Waals surface area contributed by atoms with Crippen molar-refractivity contribution in [3.63, 3.8) is 0 Å². The molecule has 0 spiro atoms. The molecule has 0 radical (unpaired) electrons. The Morgan fingerprint density at radius 3 is 2.33 bits per heavy atom. The lowest BCUT2D eigenvalue weighted by atomic mass is 10.2. The van der Waals surface area contributed by atoms with Crippen LogP contribution >= 0.6 is 0 Å². The highest BCUT2D eigenvalue weighted by atomic mass is 32.2. The molecule has 9 nitrogen and oxygen atoms in total. The van der Waals surface area contributed by atoms with Gasteiger partial charge in [0.25, 0.3) is 10.0 Å². The molecule has 1 saturated heterocycles. The number of piperazine rings is 1. The second-order valence-electron chi connectivity index (χ2n) is 7.45. The zero-order chi connectivity index (χ0) is 21.3. The van der Waals surface area contributed by atoms with Gasteiger partial charge >= 0.3 is 0 Å². The molecule has 0 saturated carbocycles. The summed E-state index contributed by atoms with van der Waals surface area (Å²) in [5.41, 5.74) is 2.99. The fraction of sp³-hybridized carbons (Fsp3) is 0.350. The lowest BCUT2D eigenvalue weighted by molar-refractivity contribution is 0.381. The van der Waals surface area contributed by atoms with Crippen LogP contribution in [-0.2, 0) is 17.1 Å². The average molecular weight is 428 g/mol. The van der Waals surface area contributed by atoms with E-state index in [1.807, 2.05) is 49.1 Å². The summed E-state index contributed by atoms with van der Waals surface area (Å²) in [6.45, 7) is 5.71. The van der Waals surface area contributed by atoms with Gasteiger partial charge < -0.3 is 14.8 Å². The Kier molecular flexibility index (Phi) is 5.44. The number of rotatable bonds is 5. The van der Waals surface area contributed by atoms with E-state index in [1.165, 1.54) is 22.4 Å². The molecule has 1 aliphatic rings. The molecule has 30 heavy (non-hydrogen) atoms. The van der Waals surface area contributed by atoms with Crippen molar-refractivity contribution in [3.8, 4) is 0 Å². The molecule has 0 amide bonds. The molecule has 1 fully saturated rings. The lowest BCUT2D eigenvalue weighted by Gasteiger charge is -2.33. The molecule has 4 rings (SSSR count). The Morgan fingerprint density at radius 1 is 1.00 bits per heavy atom. The van der Waals surface area contributed by atoms with Crippen molar-refractivity contribution < 1.29 is 8.42 Å². The number of sulfonamides is 1. The molecular formula is C20H25N7O2S. The van der Waals surface area contributed by atoms with Crippen LogP contribution in [0, 0.1) is 13.8 Å². The maximum Gasteiger partial charge on any atom is 0.262 e. The van der Waals surface area contributed by atoms with E-state index in [0.29, 0.717) is 37.9 Å². The molecule has 3 aromatic rings. The standard InChI is InChI=1S/C20H25N7O2S/c1-15-4-6-17(7-5-15)23-18-12-16(2)22-20(24-18)26-8-10-27(11-9-26)30(28,29)19-13-25(3)14-21-19/h4-7,12-14H,8-11H2,1-3H3,(H,22,23,24). The van der Waals surface area contributed by atoms with E-state index in [2.05, 4.69) is 20.3 Å². The zero-order valence-electron chi connectivity index (χ0n) is 17.3. The van der Waals surface area contributed by atoms with Gasteiger partial charge in [0.15, 0.2) is 5.03 Å². The first-order valence-electron chi connectivity index (χ1n) is 9.74. The first-order valence-corrected chi connectivity index (χ1v) is 11.2. The maximum absolute atomic E-state index is 12.8. The fourth-order valence-corrected chi connectivity index (χ4v) is 4.71. The fourth-order valence-electron chi connectivity index (χ4n) is 3.33. The van der Waals surface area contributed by atoms with E-state index in [9.17, 15) is 8.42 Å². The number of nitrogens with zero attached hydrogens (tertiary/aromatic N) is 6. The van der Waals surface area contributed by atoms with E-state index in [0.717, 1.165) is 11.4 Å². The third kappa shape index (κ3) is 4.29. The highest BCUT2D eigenvalue weighted by molar-refractivity contribution is 7.89. The zero-order valence-corrected chi connectivity index (χ0v) is 18.1. The number of hydrogen-bond acceptors (Lipinski definition) is 7. The largest absolute Gasteiger partial charge is 0.340 e. The number of nitrogens with one attached hydrogen (secondary N) is 1. The summed E-state index contributed by atoms with van der Waals surface area (Å²) in [7, 11) is -1.83. The minimum atomic E-state index is -3.59. The number of imidazole rings is 1. The summed E-state index contributed by atoms with van der Waals surface area (Å²) in [5.74, 6) is 1.31. The van der Waals surface area contributed by atoms with Crippen LogP contribution in [0.15, 0.2) is 47.9 Å². The van der Waals surface area contributed by atoms with Crippen molar-refractivity contribution in [2.24, 2.45) is 7.05 Å². The van der Waals surface area contributed by atoms with Crippen LogP contribution in [0.4, 0.5) is 17.5 Å². The van der Waals surface area contributed by atoms with E-state index < -0.39 is 10.0 Å². The molecule has 2 aromatic heterocycles. The van der Waals surface area contributed by atoms with Gasteiger partial charge in [0.1, 0.15) is 5.82 Å². The highest BCUT2D eigenvalue weighted by Crippen LogP contribution is 2.21. The van der Waals surface area contributed by atoms with E-state index in [4.69, 9.17) is 0 Å². The van der Waals surface area contributed by atoms with Crippen molar-refractivity contribution in [3.05, 3.63) is 54.1 Å². The number of anilines is 3. The first kappa shape index (κ1) is 20.3. The Bertz CT molecular complexity index is 1130. The summed E-state index contributed by atoms with van der Waals surface area (Å²) in [6, 6.07) is 9.99. The summed E-state index contributed by atoms with van der Waals surface area (Å²) >= 11 is 0. The second kappa shape index (κ2) is 8.04. The van der Waals surface area contributed by atoms with Crippen molar-refractivity contribution in [2.45, 2.75) is 18.9 Å². The summed E-state index contributed by atoms with van der Waals surface area (Å²) in [5, 5.41) is 3.39. The molecule has 158 valence electrons. The lowest BCUT2D eigenvalue weighted by Crippen LogP contribution is -2.49. The van der Waals surface area contributed by atoms with Crippen LogP contribution in [-0.4, -0.2) is 58.4 Å². The van der Waals surface area contributed by atoms with Gasteiger partial charge in [-0.15, -0.1) is 0 Å². The minimum Gasteiger partial charge on any atom is -0.340 e. The van der Waals surface area contributed by atoms with Crippen LogP contribution < -0.4 is 10.2 Å². The average Bonchev–Trinajstić information content (AvgIpc) is 3.17. The van der Waals surface area contributed by atoms with E-state index in [1.54, 1.807) is 11.6 Å². The second-order valence-corrected chi connectivity index (χ2v) is 9.34. The first-order chi connectivity index (χ1) is 14.3. The monoisotopic (exact) mass is 427 g/mol. The number of aromatic nitrogens is 4. The van der Waals surface area contributed by atoms with Crippen molar-refractivity contribution in [1.29, 1.82) is 0 Å². The van der Waals surface area contributed by atoms with Crippen LogP contribution in [0.25, 0.3) is 0 Å². The Labute approximate surface area is 176 Å². The third-order valence-electron chi connectivity index (χ3n) is 4.97. The quantitative estimate of drug-likeness (QED) is 0.666. The molecule has 0 aliphatic carbocycles. The minimum absolute atomic E-state index is 0.0786. The van der Waals surface area contributed by atoms with Gasteiger partial charge in [0.05, 0.1) is 6.33 Å². The molecule has 1 aromatic carbocycles. The maximum atomic E-state index is 12.8. The number of benzene rings is 1. The van der Waals surface area contributed by atoms with Crippen LogP contribution in [0.2, 0.25) is 0 Å². The molecule has 10 heteroatoms. The van der Waals surface area contributed by atoms with Crippen LogP contribution in [0.1, 0.15) is 11.3 Å². The predicted molar refractivity (Wildman–Crippen MR) is 115 cm³/mol. The van der Waals surface area contributed by atoms with E-state index in [-0.39, 0.29) is 5.03 Å². The van der Waals surface area contributed by atoms with Crippen molar-refractivity contribution in [2.75, 3.05) is 36.4 Å². The Hall–Kier alpha value is -2.98. The molecule has 0 bridgehead atoms. The predicted octanol–water partition coefficient (Wildman–Crippen LogP) is 2.08. The van der Waals surface area contributed by atoms with Crippen molar-refractivity contribution in [1.82, 2.24) is 23.8 Å². The van der Waals surface area contributed by atoms with Gasteiger partial charge in [0, 0.05) is 56.9 Å².